The first kappa shape index (κ1) is 41.7. The van der Waals surface area contributed by atoms with Crippen molar-refractivity contribution >= 4 is 61.2 Å². The minimum absolute atomic E-state index is 0.277. The maximum absolute atomic E-state index is 14.0. The van der Waals surface area contributed by atoms with Crippen molar-refractivity contribution in [1.29, 1.82) is 0 Å². The molecule has 1 fully saturated rings. The Morgan fingerprint density at radius 3 is 1.96 bits per heavy atom. The third kappa shape index (κ3) is 8.82. The summed E-state index contributed by atoms with van der Waals surface area (Å²) in [5.41, 5.74) is -7.44. The van der Waals surface area contributed by atoms with E-state index in [1.165, 1.54) is 0 Å². The molecule has 4 aromatic rings. The third-order valence-electron chi connectivity index (χ3n) is 7.45. The molecule has 1 amide bonds. The molecule has 1 unspecified atom stereocenters. The highest BCUT2D eigenvalue weighted by Gasteiger charge is 2.49. The van der Waals surface area contributed by atoms with Crippen LogP contribution in [0.1, 0.15) is 34.1 Å². The SMILES string of the molecule is O=C1CN(c2ccc(CC(c3nc4ccc(C(F)(F)F)cc4[nH]3)N(OC(=O)C(F)(F)F)S(=O)(=O)c3cc(C(F)(F)F)cc(C(F)(F)F)c3)cc2Cl)S(O)(O)N1. The number of anilines is 1. The van der Waals surface area contributed by atoms with Gasteiger partial charge in [-0.05, 0) is 75.9 Å². The van der Waals surface area contributed by atoms with Crippen LogP contribution in [0.15, 0.2) is 59.5 Å². The monoisotopic (exact) mass is 863 g/mol. The second-order valence-corrected chi connectivity index (χ2v) is 15.2. The maximum Gasteiger partial charge on any atom is 0.492 e. The molecule has 55 heavy (non-hydrogen) atoms. The first-order chi connectivity index (χ1) is 25.0. The van der Waals surface area contributed by atoms with E-state index in [0.717, 1.165) is 18.2 Å². The van der Waals surface area contributed by atoms with Gasteiger partial charge in [0.15, 0.2) is 0 Å². The molecule has 1 aliphatic heterocycles. The van der Waals surface area contributed by atoms with Gasteiger partial charge in [-0.3, -0.25) is 13.9 Å². The van der Waals surface area contributed by atoms with E-state index in [2.05, 4.69) is 14.8 Å². The molecule has 1 atom stereocenters. The number of sulfonamides is 1. The molecule has 0 saturated carbocycles. The Kier molecular flexibility index (Phi) is 10.5. The van der Waals surface area contributed by atoms with Crippen LogP contribution < -0.4 is 9.03 Å². The number of aromatic amines is 1. The Bertz CT molecular complexity index is 2250. The number of hydroxylamine groups is 1. The number of hydrogen-bond acceptors (Lipinski definition) is 9. The summed E-state index contributed by atoms with van der Waals surface area (Å²) in [5.74, 6) is -5.21. The minimum Gasteiger partial charge on any atom is -0.344 e. The second kappa shape index (κ2) is 13.9. The topological polar surface area (TPSA) is 165 Å². The highest BCUT2D eigenvalue weighted by molar-refractivity contribution is 8.24. The Morgan fingerprint density at radius 1 is 0.891 bits per heavy atom. The lowest BCUT2D eigenvalue weighted by Gasteiger charge is -2.36. The van der Waals surface area contributed by atoms with Crippen molar-refractivity contribution in [3.8, 4) is 0 Å². The minimum atomic E-state index is -6.31. The Morgan fingerprint density at radius 2 is 1.47 bits per heavy atom. The zero-order valence-electron chi connectivity index (χ0n) is 26.2. The molecule has 1 saturated heterocycles. The molecule has 3 aromatic carbocycles. The lowest BCUT2D eigenvalue weighted by molar-refractivity contribution is -0.227. The molecule has 1 aromatic heterocycles. The maximum atomic E-state index is 14.0. The number of imidazole rings is 1. The van der Waals surface area contributed by atoms with Gasteiger partial charge in [0.05, 0.1) is 43.3 Å². The fourth-order valence-electron chi connectivity index (χ4n) is 5.01. The van der Waals surface area contributed by atoms with Gasteiger partial charge in [0.1, 0.15) is 18.4 Å². The van der Waals surface area contributed by atoms with Crippen molar-refractivity contribution < 1.29 is 84.6 Å². The van der Waals surface area contributed by atoms with E-state index in [4.69, 9.17) is 11.6 Å². The number of amides is 1. The number of alkyl halides is 12. The predicted molar refractivity (Wildman–Crippen MR) is 165 cm³/mol. The van der Waals surface area contributed by atoms with Crippen LogP contribution in [0.4, 0.5) is 58.4 Å². The van der Waals surface area contributed by atoms with Gasteiger partial charge in [-0.15, -0.1) is 0 Å². The molecule has 27 heteroatoms. The summed E-state index contributed by atoms with van der Waals surface area (Å²) in [5, 5.41) is -0.471. The second-order valence-electron chi connectivity index (χ2n) is 11.3. The Balaban J connectivity index is 1.75. The van der Waals surface area contributed by atoms with Gasteiger partial charge in [-0.1, -0.05) is 17.7 Å². The zero-order chi connectivity index (χ0) is 41.3. The van der Waals surface area contributed by atoms with Gasteiger partial charge in [0.2, 0.25) is 0 Å². The van der Waals surface area contributed by atoms with E-state index < -0.39 is 143 Å². The summed E-state index contributed by atoms with van der Waals surface area (Å²) in [6.07, 6.45) is -23.6. The molecule has 300 valence electrons. The zero-order valence-corrected chi connectivity index (χ0v) is 28.6. The number of benzene rings is 3. The summed E-state index contributed by atoms with van der Waals surface area (Å²) in [6, 6.07) is 0.548. The molecule has 0 bridgehead atoms. The quantitative estimate of drug-likeness (QED) is 0.102. The summed E-state index contributed by atoms with van der Waals surface area (Å²) in [7, 11) is -10.3. The standard InChI is InChI=1S/C28H18ClF12N5O7S2/c29-17-5-12(1-4-20(17)45-11-22(47)44-55(45,51)52)6-21(23-42-18-3-2-13(25(30,31)32)10-19(18)43-23)46(53-24(48)28(39,40)41)54(49,50)16-8-14(26(33,34)35)7-15(9-16)27(36,37)38/h1-5,7-10,21,51-52H,6,11H2,(H,42,43)(H,44,47). The molecule has 5 rings (SSSR count). The summed E-state index contributed by atoms with van der Waals surface area (Å²) in [6.45, 7) is -0.667. The average Bonchev–Trinajstić information content (AvgIpc) is 3.58. The van der Waals surface area contributed by atoms with E-state index in [1.54, 1.807) is 0 Å². The summed E-state index contributed by atoms with van der Waals surface area (Å²) in [4.78, 5) is 32.2. The van der Waals surface area contributed by atoms with Crippen molar-refractivity contribution in [2.24, 2.45) is 0 Å². The van der Waals surface area contributed by atoms with Crippen molar-refractivity contribution in [3.63, 3.8) is 0 Å². The number of rotatable bonds is 8. The van der Waals surface area contributed by atoms with Crippen LogP contribution in [0.5, 0.6) is 0 Å². The average molecular weight is 864 g/mol. The van der Waals surface area contributed by atoms with Crippen LogP contribution in [0.2, 0.25) is 5.02 Å². The number of carbonyl (C=O) groups excluding carboxylic acids is 2. The highest BCUT2D eigenvalue weighted by Crippen LogP contribution is 2.48. The predicted octanol–water partition coefficient (Wildman–Crippen LogP) is 7.78. The van der Waals surface area contributed by atoms with Gasteiger partial charge in [-0.2, -0.15) is 52.7 Å². The molecule has 0 radical (unpaired) electrons. The van der Waals surface area contributed by atoms with Crippen LogP contribution in [0, 0.1) is 0 Å². The van der Waals surface area contributed by atoms with E-state index in [1.807, 2.05) is 4.72 Å². The third-order valence-corrected chi connectivity index (χ3v) is 10.8. The van der Waals surface area contributed by atoms with Gasteiger partial charge in [0, 0.05) is 0 Å². The highest BCUT2D eigenvalue weighted by atomic mass is 35.5. The number of halogens is 13. The van der Waals surface area contributed by atoms with Crippen molar-refractivity contribution in [2.75, 3.05) is 10.8 Å². The van der Waals surface area contributed by atoms with Crippen molar-refractivity contribution in [3.05, 3.63) is 87.7 Å². The fraction of sp³-hybridized carbons (Fsp3) is 0.250. The van der Waals surface area contributed by atoms with Crippen molar-refractivity contribution in [2.45, 2.75) is 42.1 Å². The van der Waals surface area contributed by atoms with Crippen LogP contribution >= 0.6 is 22.6 Å². The molecular formula is C28H18ClF12N5O7S2. The largest absolute Gasteiger partial charge is 0.492 e. The molecule has 0 spiro atoms. The van der Waals surface area contributed by atoms with E-state index >= 15 is 0 Å². The number of H-pyrrole nitrogens is 1. The molecule has 4 N–H and O–H groups in total. The lowest BCUT2D eigenvalue weighted by Crippen LogP contribution is -2.42. The Hall–Kier alpha value is -4.50. The van der Waals surface area contributed by atoms with Gasteiger partial charge >= 0.3 is 30.7 Å². The number of carbonyl (C=O) groups is 2. The fourth-order valence-corrected chi connectivity index (χ4v) is 8.01. The van der Waals surface area contributed by atoms with E-state index in [0.29, 0.717) is 22.5 Å². The van der Waals surface area contributed by atoms with Gasteiger partial charge in [0.25, 0.3) is 15.9 Å². The van der Waals surface area contributed by atoms with Crippen LogP contribution in [0.3, 0.4) is 0 Å². The molecule has 2 heterocycles. The number of aromatic nitrogens is 2. The number of nitrogens with one attached hydrogen (secondary N) is 2. The number of nitrogens with zero attached hydrogens (tertiary/aromatic N) is 3. The molecule has 0 aliphatic carbocycles. The normalized spacial score (nSPS) is 16.7. The summed E-state index contributed by atoms with van der Waals surface area (Å²) >= 11 is 6.27. The number of fused-ring (bicyclic) bond motifs is 1. The molecule has 12 nitrogen and oxygen atoms in total. The lowest BCUT2D eigenvalue weighted by atomic mass is 10.1. The van der Waals surface area contributed by atoms with Crippen LogP contribution in [-0.4, -0.2) is 56.6 Å². The van der Waals surface area contributed by atoms with Crippen molar-refractivity contribution in [1.82, 2.24) is 19.2 Å². The summed E-state index contributed by atoms with van der Waals surface area (Å²) < 4.78 is 213. The van der Waals surface area contributed by atoms with E-state index in [9.17, 15) is 79.8 Å². The van der Waals surface area contributed by atoms with Crippen LogP contribution in [-0.2, 0) is 49.4 Å². The Labute approximate surface area is 305 Å². The molecular weight excluding hydrogens is 846 g/mol. The smallest absolute Gasteiger partial charge is 0.344 e. The van der Waals surface area contributed by atoms with E-state index in [-0.39, 0.29) is 11.3 Å². The first-order valence-corrected chi connectivity index (χ1v) is 17.7. The van der Waals surface area contributed by atoms with Crippen LogP contribution in [0.25, 0.3) is 11.0 Å². The van der Waals surface area contributed by atoms with Gasteiger partial charge in [-0.25, -0.2) is 27.2 Å². The molecule has 1 aliphatic rings. The number of hydrogen-bond donors (Lipinski definition) is 4. The van der Waals surface area contributed by atoms with Gasteiger partial charge < -0.3 is 9.82 Å². The first-order valence-electron chi connectivity index (χ1n) is 14.3.